The fraction of sp³-hybridized carbons (Fsp3) is 0.400. The third-order valence-corrected chi connectivity index (χ3v) is 5.71. The summed E-state index contributed by atoms with van der Waals surface area (Å²) in [7, 11) is 1.73. The van der Waals surface area contributed by atoms with Crippen LogP contribution in [0.4, 0.5) is 0 Å². The number of nitrogens with zero attached hydrogens (tertiary/aromatic N) is 3. The summed E-state index contributed by atoms with van der Waals surface area (Å²) in [6.07, 6.45) is 2.91. The molecule has 8 nitrogen and oxygen atoms in total. The molecule has 29 heavy (non-hydrogen) atoms. The first-order valence-corrected chi connectivity index (χ1v) is 10.4. The number of hydrogen-bond acceptors (Lipinski definition) is 5. The zero-order valence-electron chi connectivity index (χ0n) is 16.7. The van der Waals surface area contributed by atoms with Crippen LogP contribution in [0.15, 0.2) is 35.5 Å². The smallest absolute Gasteiger partial charge is 0.254 e. The van der Waals surface area contributed by atoms with E-state index in [-0.39, 0.29) is 18.4 Å². The Kier molecular flexibility index (Phi) is 7.18. The van der Waals surface area contributed by atoms with Crippen molar-refractivity contribution in [2.24, 2.45) is 4.99 Å². The number of guanidine groups is 1. The van der Waals surface area contributed by atoms with E-state index in [0.29, 0.717) is 37.7 Å². The molecule has 0 atom stereocenters. The average Bonchev–Trinajstić information content (AvgIpc) is 3.22. The molecule has 9 heteroatoms. The summed E-state index contributed by atoms with van der Waals surface area (Å²) < 4.78 is 0. The number of amides is 2. The van der Waals surface area contributed by atoms with Gasteiger partial charge in [0.2, 0.25) is 5.91 Å². The predicted octanol–water partition coefficient (Wildman–Crippen LogP) is 1.14. The molecule has 2 amide bonds. The van der Waals surface area contributed by atoms with Crippen molar-refractivity contribution in [3.05, 3.63) is 51.5 Å². The molecule has 1 aliphatic heterocycles. The molecule has 0 spiro atoms. The largest absolute Gasteiger partial charge is 0.353 e. The van der Waals surface area contributed by atoms with Gasteiger partial charge in [-0.05, 0) is 24.1 Å². The quantitative estimate of drug-likeness (QED) is 0.486. The molecule has 0 unspecified atom stereocenters. The first-order chi connectivity index (χ1) is 14.1. The molecule has 0 saturated carbocycles. The zero-order valence-corrected chi connectivity index (χ0v) is 17.5. The van der Waals surface area contributed by atoms with Crippen LogP contribution in [0.5, 0.6) is 0 Å². The minimum Gasteiger partial charge on any atom is -0.353 e. The number of rotatable bonds is 6. The normalized spacial score (nSPS) is 14.5. The van der Waals surface area contributed by atoms with Crippen molar-refractivity contribution in [1.29, 1.82) is 0 Å². The highest BCUT2D eigenvalue weighted by Gasteiger charge is 2.22. The number of thiazole rings is 1. The van der Waals surface area contributed by atoms with E-state index >= 15 is 0 Å². The molecule has 1 aliphatic rings. The molecule has 0 radical (unpaired) electrons. The van der Waals surface area contributed by atoms with E-state index in [1.54, 1.807) is 35.4 Å². The standard InChI is InChI=1S/C20H26N6O2S/c1-3-16-11-23-18(29-16)12-25-20(21-2)24-10-14-4-6-15(7-5-14)19(28)26-9-8-22-17(27)13-26/h4-7,11H,3,8-10,12-13H2,1-2H3,(H,22,27)(H2,21,24,25). The summed E-state index contributed by atoms with van der Waals surface area (Å²) in [6.45, 7) is 4.48. The number of hydrogen-bond donors (Lipinski definition) is 3. The monoisotopic (exact) mass is 414 g/mol. The van der Waals surface area contributed by atoms with Crippen LogP contribution in [0.3, 0.4) is 0 Å². The highest BCUT2D eigenvalue weighted by Crippen LogP contribution is 2.13. The Balaban J connectivity index is 1.49. The van der Waals surface area contributed by atoms with Crippen LogP contribution in [0.25, 0.3) is 0 Å². The molecule has 3 N–H and O–H groups in total. The van der Waals surface area contributed by atoms with Gasteiger partial charge in [-0.2, -0.15) is 0 Å². The molecule has 2 heterocycles. The first kappa shape index (κ1) is 20.8. The molecule has 3 rings (SSSR count). The van der Waals surface area contributed by atoms with Gasteiger partial charge < -0.3 is 20.9 Å². The van der Waals surface area contributed by atoms with Crippen molar-refractivity contribution in [2.45, 2.75) is 26.4 Å². The van der Waals surface area contributed by atoms with Crippen molar-refractivity contribution in [2.75, 3.05) is 26.7 Å². The van der Waals surface area contributed by atoms with Crippen molar-refractivity contribution >= 4 is 29.1 Å². The van der Waals surface area contributed by atoms with Gasteiger partial charge in [0.1, 0.15) is 5.01 Å². The summed E-state index contributed by atoms with van der Waals surface area (Å²) >= 11 is 1.70. The molecule has 0 bridgehead atoms. The Labute approximate surface area is 174 Å². The number of carbonyl (C=O) groups excluding carboxylic acids is 2. The van der Waals surface area contributed by atoms with Gasteiger partial charge >= 0.3 is 0 Å². The van der Waals surface area contributed by atoms with Crippen LogP contribution in [0.1, 0.15) is 32.7 Å². The van der Waals surface area contributed by atoms with Gasteiger partial charge in [-0.3, -0.25) is 14.6 Å². The van der Waals surface area contributed by atoms with Gasteiger partial charge in [-0.1, -0.05) is 19.1 Å². The van der Waals surface area contributed by atoms with Gasteiger partial charge in [0, 0.05) is 43.3 Å². The van der Waals surface area contributed by atoms with Crippen molar-refractivity contribution in [3.8, 4) is 0 Å². The number of carbonyl (C=O) groups is 2. The van der Waals surface area contributed by atoms with Gasteiger partial charge in [0.25, 0.3) is 5.91 Å². The number of nitrogens with one attached hydrogen (secondary N) is 3. The molecule has 2 aromatic rings. The van der Waals surface area contributed by atoms with E-state index < -0.39 is 0 Å². The molecule has 1 aromatic carbocycles. The highest BCUT2D eigenvalue weighted by molar-refractivity contribution is 7.11. The molecule has 154 valence electrons. The zero-order chi connectivity index (χ0) is 20.6. The Morgan fingerprint density at radius 1 is 1.28 bits per heavy atom. The Bertz CT molecular complexity index is 877. The van der Waals surface area contributed by atoms with Crippen molar-refractivity contribution < 1.29 is 9.59 Å². The fourth-order valence-electron chi connectivity index (χ4n) is 2.92. The summed E-state index contributed by atoms with van der Waals surface area (Å²) in [6, 6.07) is 7.41. The van der Waals surface area contributed by atoms with Gasteiger partial charge in [-0.15, -0.1) is 11.3 Å². The van der Waals surface area contributed by atoms with E-state index in [1.807, 2.05) is 18.3 Å². The maximum Gasteiger partial charge on any atom is 0.254 e. The molecule has 1 fully saturated rings. The van der Waals surface area contributed by atoms with Crippen molar-refractivity contribution in [3.63, 3.8) is 0 Å². The number of benzene rings is 1. The van der Waals surface area contributed by atoms with E-state index in [0.717, 1.165) is 17.0 Å². The van der Waals surface area contributed by atoms with Crippen LogP contribution >= 0.6 is 11.3 Å². The molecular weight excluding hydrogens is 388 g/mol. The Hall–Kier alpha value is -2.94. The Morgan fingerprint density at radius 3 is 2.69 bits per heavy atom. The fourth-order valence-corrected chi connectivity index (χ4v) is 3.72. The van der Waals surface area contributed by atoms with Crippen molar-refractivity contribution in [1.82, 2.24) is 25.8 Å². The third kappa shape index (κ3) is 5.77. The Morgan fingerprint density at radius 2 is 2.03 bits per heavy atom. The van der Waals surface area contributed by atoms with E-state index in [4.69, 9.17) is 0 Å². The second-order valence-corrected chi connectivity index (χ2v) is 7.83. The van der Waals surface area contributed by atoms with Crippen LogP contribution in [-0.4, -0.2) is 54.3 Å². The van der Waals surface area contributed by atoms with E-state index in [9.17, 15) is 9.59 Å². The SMILES string of the molecule is CCc1cnc(CNC(=NC)NCc2ccc(C(=O)N3CCNC(=O)C3)cc2)s1. The lowest BCUT2D eigenvalue weighted by Crippen LogP contribution is -2.49. The van der Waals surface area contributed by atoms with Gasteiger partial charge in [-0.25, -0.2) is 4.98 Å². The summed E-state index contributed by atoms with van der Waals surface area (Å²) in [5.41, 5.74) is 1.62. The lowest BCUT2D eigenvalue weighted by Gasteiger charge is -2.26. The average molecular weight is 415 g/mol. The molecule has 1 saturated heterocycles. The highest BCUT2D eigenvalue weighted by atomic mass is 32.1. The van der Waals surface area contributed by atoms with Gasteiger partial charge in [0.05, 0.1) is 13.1 Å². The van der Waals surface area contributed by atoms with Crippen LogP contribution in [0, 0.1) is 0 Å². The lowest BCUT2D eigenvalue weighted by molar-refractivity contribution is -0.123. The van der Waals surface area contributed by atoms with E-state index in [1.165, 1.54) is 4.88 Å². The topological polar surface area (TPSA) is 98.7 Å². The second-order valence-electron chi connectivity index (χ2n) is 6.63. The van der Waals surface area contributed by atoms with Crippen LogP contribution in [-0.2, 0) is 24.3 Å². The lowest BCUT2D eigenvalue weighted by atomic mass is 10.1. The third-order valence-electron chi connectivity index (χ3n) is 4.57. The van der Waals surface area contributed by atoms with E-state index in [2.05, 4.69) is 32.9 Å². The van der Waals surface area contributed by atoms with Crippen LogP contribution in [0.2, 0.25) is 0 Å². The predicted molar refractivity (Wildman–Crippen MR) is 114 cm³/mol. The molecule has 0 aliphatic carbocycles. The second kappa shape index (κ2) is 10.0. The minimum atomic E-state index is -0.119. The van der Waals surface area contributed by atoms with Crippen LogP contribution < -0.4 is 16.0 Å². The summed E-state index contributed by atoms with van der Waals surface area (Å²) in [5.74, 6) is 0.456. The molecular formula is C20H26N6O2S. The van der Waals surface area contributed by atoms with Gasteiger partial charge in [0.15, 0.2) is 5.96 Å². The number of aromatic nitrogens is 1. The summed E-state index contributed by atoms with van der Waals surface area (Å²) in [5, 5.41) is 10.3. The first-order valence-electron chi connectivity index (χ1n) is 9.62. The maximum absolute atomic E-state index is 12.5. The number of aliphatic imine (C=N–C) groups is 1. The number of piperazine rings is 1. The number of aryl methyl sites for hydroxylation is 1. The minimum absolute atomic E-state index is 0.114. The maximum atomic E-state index is 12.5. The molecule has 1 aromatic heterocycles. The summed E-state index contributed by atoms with van der Waals surface area (Å²) in [4.78, 5) is 35.4.